The zero-order valence-electron chi connectivity index (χ0n) is 10.9. The number of carbonyl (C=O) groups is 1. The monoisotopic (exact) mass is 307 g/mol. The molecule has 0 aliphatic heterocycles. The molecule has 0 aromatic carbocycles. The number of rotatable bonds is 7. The van der Waals surface area contributed by atoms with Crippen molar-refractivity contribution in [2.24, 2.45) is 0 Å². The predicted molar refractivity (Wildman–Crippen MR) is 74.1 cm³/mol. The predicted octanol–water partition coefficient (Wildman–Crippen LogP) is 0.466. The fraction of sp³-hybridized carbons (Fsp3) is 0.600. The maximum Gasteiger partial charge on any atom is 0.315 e. The van der Waals surface area contributed by atoms with Crippen molar-refractivity contribution in [3.05, 3.63) is 11.1 Å². The van der Waals surface area contributed by atoms with Crippen molar-refractivity contribution in [2.45, 2.75) is 19.3 Å². The number of aliphatic carboxylic acids is 1. The highest BCUT2D eigenvalue weighted by atomic mass is 32.2. The lowest BCUT2D eigenvalue weighted by Gasteiger charge is -2.15. The average molecular weight is 307 g/mol. The number of sulfonamides is 1. The van der Waals surface area contributed by atoms with Crippen LogP contribution in [-0.2, 0) is 20.2 Å². The molecule has 0 aliphatic rings. The first-order valence-corrected chi connectivity index (χ1v) is 8.07. The van der Waals surface area contributed by atoms with Gasteiger partial charge < -0.3 is 10.4 Å². The number of nitrogens with zero attached hydrogens (tertiary/aromatic N) is 1. The normalized spacial score (nSPS) is 12.4. The van der Waals surface area contributed by atoms with Crippen LogP contribution in [0.25, 0.3) is 0 Å². The van der Waals surface area contributed by atoms with Gasteiger partial charge in [0.05, 0.1) is 11.4 Å². The maximum absolute atomic E-state index is 11.2. The minimum Gasteiger partial charge on any atom is -0.481 e. The van der Waals surface area contributed by atoms with E-state index in [2.05, 4.69) is 15.0 Å². The standard InChI is InChI=1S/C10H17N3O4S2/c1-10(2,8(14)15)7-6-18-9(13-7)12-4-5-19(16,17)11-3/h6,11H,4-5H2,1-3H3,(H,12,13)(H,14,15). The lowest BCUT2D eigenvalue weighted by Crippen LogP contribution is -2.29. The molecular weight excluding hydrogens is 290 g/mol. The Hall–Kier alpha value is -1.19. The van der Waals surface area contributed by atoms with Gasteiger partial charge in [-0.1, -0.05) is 0 Å². The van der Waals surface area contributed by atoms with E-state index in [0.717, 1.165) is 0 Å². The van der Waals surface area contributed by atoms with Gasteiger partial charge in [-0.3, -0.25) is 4.79 Å². The second kappa shape index (κ2) is 5.85. The molecule has 0 spiro atoms. The Kier molecular flexibility index (Phi) is 4.88. The van der Waals surface area contributed by atoms with Crippen LogP contribution >= 0.6 is 11.3 Å². The van der Waals surface area contributed by atoms with Gasteiger partial charge in [-0.25, -0.2) is 18.1 Å². The van der Waals surface area contributed by atoms with Gasteiger partial charge in [0.15, 0.2) is 5.13 Å². The van der Waals surface area contributed by atoms with Gasteiger partial charge in [-0.05, 0) is 20.9 Å². The van der Waals surface area contributed by atoms with Crippen LogP contribution in [0.2, 0.25) is 0 Å². The summed E-state index contributed by atoms with van der Waals surface area (Å²) in [5.74, 6) is -1.03. The number of anilines is 1. The van der Waals surface area contributed by atoms with Gasteiger partial charge in [0.2, 0.25) is 10.0 Å². The van der Waals surface area contributed by atoms with Crippen LogP contribution < -0.4 is 10.0 Å². The van der Waals surface area contributed by atoms with E-state index in [1.54, 1.807) is 19.2 Å². The second-order valence-corrected chi connectivity index (χ2v) is 7.32. The molecular formula is C10H17N3O4S2. The van der Waals surface area contributed by atoms with Crippen molar-refractivity contribution < 1.29 is 18.3 Å². The molecule has 0 amide bonds. The molecule has 19 heavy (non-hydrogen) atoms. The van der Waals surface area contributed by atoms with Crippen molar-refractivity contribution >= 4 is 32.5 Å². The van der Waals surface area contributed by atoms with Crippen LogP contribution in [0.5, 0.6) is 0 Å². The van der Waals surface area contributed by atoms with Crippen LogP contribution in [0.15, 0.2) is 5.38 Å². The topological polar surface area (TPSA) is 108 Å². The third-order valence-electron chi connectivity index (χ3n) is 2.64. The van der Waals surface area contributed by atoms with Crippen molar-refractivity contribution in [1.82, 2.24) is 9.71 Å². The van der Waals surface area contributed by atoms with E-state index in [4.69, 9.17) is 5.11 Å². The summed E-state index contributed by atoms with van der Waals surface area (Å²) in [6, 6.07) is 0. The summed E-state index contributed by atoms with van der Waals surface area (Å²) in [5.41, 5.74) is -0.614. The number of nitrogens with one attached hydrogen (secondary N) is 2. The third-order valence-corrected chi connectivity index (χ3v) is 4.80. The second-order valence-electron chi connectivity index (χ2n) is 4.42. The molecule has 0 saturated heterocycles. The number of thiazole rings is 1. The Labute approximate surface area is 116 Å². The van der Waals surface area contributed by atoms with E-state index in [1.165, 1.54) is 18.4 Å². The highest BCUT2D eigenvalue weighted by Crippen LogP contribution is 2.27. The fourth-order valence-corrected chi connectivity index (χ4v) is 2.63. The number of aromatic nitrogens is 1. The lowest BCUT2D eigenvalue weighted by atomic mass is 9.90. The maximum atomic E-state index is 11.2. The number of hydrogen-bond acceptors (Lipinski definition) is 6. The number of carboxylic acids is 1. The molecule has 108 valence electrons. The quantitative estimate of drug-likeness (QED) is 0.675. The summed E-state index contributed by atoms with van der Waals surface area (Å²) in [5, 5.41) is 14.1. The van der Waals surface area contributed by atoms with E-state index < -0.39 is 21.4 Å². The van der Waals surface area contributed by atoms with Crippen LogP contribution in [0, 0.1) is 0 Å². The number of hydrogen-bond donors (Lipinski definition) is 3. The molecule has 0 bridgehead atoms. The van der Waals surface area contributed by atoms with E-state index in [1.807, 2.05) is 0 Å². The molecule has 9 heteroatoms. The molecule has 0 radical (unpaired) electrons. The summed E-state index contributed by atoms with van der Waals surface area (Å²) < 4.78 is 24.6. The molecule has 0 aliphatic carbocycles. The SMILES string of the molecule is CNS(=O)(=O)CCNc1nc(C(C)(C)C(=O)O)cs1. The summed E-state index contributed by atoms with van der Waals surface area (Å²) in [6.07, 6.45) is 0. The third kappa shape index (κ3) is 4.15. The van der Waals surface area contributed by atoms with Gasteiger partial charge in [0, 0.05) is 11.9 Å². The minimum atomic E-state index is -3.25. The summed E-state index contributed by atoms with van der Waals surface area (Å²) >= 11 is 1.25. The summed E-state index contributed by atoms with van der Waals surface area (Å²) in [6.45, 7) is 3.35. The lowest BCUT2D eigenvalue weighted by molar-refractivity contribution is -0.142. The molecule has 0 unspecified atom stereocenters. The van der Waals surface area contributed by atoms with Crippen molar-refractivity contribution in [3.63, 3.8) is 0 Å². The first kappa shape index (κ1) is 15.9. The van der Waals surface area contributed by atoms with Crippen LogP contribution in [0.1, 0.15) is 19.5 Å². The Morgan fingerprint density at radius 2 is 2.16 bits per heavy atom. The molecule has 1 aromatic heterocycles. The van der Waals surface area contributed by atoms with E-state index in [-0.39, 0.29) is 12.3 Å². The van der Waals surface area contributed by atoms with Crippen molar-refractivity contribution in [1.29, 1.82) is 0 Å². The van der Waals surface area contributed by atoms with Gasteiger partial charge in [0.25, 0.3) is 0 Å². The number of carboxylic acid groups (broad SMARTS) is 1. The molecule has 1 aromatic rings. The van der Waals surface area contributed by atoms with E-state index in [9.17, 15) is 13.2 Å². The first-order chi connectivity index (χ1) is 8.69. The summed E-state index contributed by atoms with van der Waals surface area (Å²) in [4.78, 5) is 15.2. The van der Waals surface area contributed by atoms with Gasteiger partial charge in [-0.2, -0.15) is 0 Å². The van der Waals surface area contributed by atoms with Gasteiger partial charge >= 0.3 is 5.97 Å². The van der Waals surface area contributed by atoms with Crippen LogP contribution in [0.4, 0.5) is 5.13 Å². The molecule has 7 nitrogen and oxygen atoms in total. The van der Waals surface area contributed by atoms with E-state index >= 15 is 0 Å². The minimum absolute atomic E-state index is 0.0687. The van der Waals surface area contributed by atoms with Crippen LogP contribution in [-0.4, -0.2) is 43.8 Å². The zero-order valence-corrected chi connectivity index (χ0v) is 12.6. The van der Waals surface area contributed by atoms with Crippen LogP contribution in [0.3, 0.4) is 0 Å². The van der Waals surface area contributed by atoms with Gasteiger partial charge in [-0.15, -0.1) is 11.3 Å². The Bertz CT molecular complexity index is 551. The molecule has 0 saturated carbocycles. The average Bonchev–Trinajstić information content (AvgIpc) is 2.78. The first-order valence-electron chi connectivity index (χ1n) is 5.53. The molecule has 1 rings (SSSR count). The van der Waals surface area contributed by atoms with Crippen molar-refractivity contribution in [2.75, 3.05) is 24.7 Å². The Balaban J connectivity index is 2.64. The summed E-state index contributed by atoms with van der Waals surface area (Å²) in [7, 11) is -1.90. The molecule has 0 atom stereocenters. The largest absolute Gasteiger partial charge is 0.481 e. The highest BCUT2D eigenvalue weighted by Gasteiger charge is 2.32. The molecule has 1 heterocycles. The fourth-order valence-electron chi connectivity index (χ4n) is 1.15. The highest BCUT2D eigenvalue weighted by molar-refractivity contribution is 7.89. The zero-order chi connectivity index (χ0) is 14.7. The molecule has 3 N–H and O–H groups in total. The van der Waals surface area contributed by atoms with E-state index in [0.29, 0.717) is 10.8 Å². The smallest absolute Gasteiger partial charge is 0.315 e. The Morgan fingerprint density at radius 1 is 1.53 bits per heavy atom. The van der Waals surface area contributed by atoms with Gasteiger partial charge in [0.1, 0.15) is 5.41 Å². The molecule has 0 fully saturated rings. The Morgan fingerprint density at radius 3 is 2.68 bits per heavy atom. The van der Waals surface area contributed by atoms with Crippen molar-refractivity contribution in [3.8, 4) is 0 Å².